The molecule has 2 aromatic heterocycles. The number of carbonyl (C=O) groups is 2. The van der Waals surface area contributed by atoms with E-state index < -0.39 is 0 Å². The molecule has 30 heavy (non-hydrogen) atoms. The van der Waals surface area contributed by atoms with E-state index >= 15 is 0 Å². The molecular formula is C20H32I2N6O2. The van der Waals surface area contributed by atoms with Crippen LogP contribution < -0.4 is 67.7 Å². The van der Waals surface area contributed by atoms with Crippen LogP contribution in [0, 0.1) is 0 Å². The second kappa shape index (κ2) is 20.6. The van der Waals surface area contributed by atoms with Crippen LogP contribution in [0.2, 0.25) is 0 Å². The van der Waals surface area contributed by atoms with Crippen molar-refractivity contribution in [3.05, 3.63) is 62.8 Å². The molecule has 0 aromatic carbocycles. The third-order valence-corrected chi connectivity index (χ3v) is 3.81. The van der Waals surface area contributed by atoms with Crippen LogP contribution in [-0.2, 0) is 35.8 Å². The Bertz CT molecular complexity index is 657. The number of hydrogen-bond donors (Lipinski definition) is 2. The first-order chi connectivity index (χ1) is 13.7. The first-order valence-corrected chi connectivity index (χ1v) is 9.39. The van der Waals surface area contributed by atoms with Crippen molar-refractivity contribution in [2.75, 3.05) is 13.1 Å². The lowest BCUT2D eigenvalue weighted by Crippen LogP contribution is -3.00. The number of rotatable bonds is 14. The Morgan fingerprint density at radius 3 is 1.50 bits per heavy atom. The van der Waals surface area contributed by atoms with Gasteiger partial charge in [0.05, 0.1) is 13.1 Å². The summed E-state index contributed by atoms with van der Waals surface area (Å²) in [5, 5.41) is 5.27. The minimum atomic E-state index is 0. The number of aryl methyl sites for hydroxylation is 2. The van der Waals surface area contributed by atoms with Gasteiger partial charge in [-0.3, -0.25) is 9.59 Å². The molecule has 0 saturated carbocycles. The third kappa shape index (κ3) is 14.3. The van der Waals surface area contributed by atoms with Crippen LogP contribution in [0.4, 0.5) is 0 Å². The Kier molecular flexibility index (Phi) is 20.9. The van der Waals surface area contributed by atoms with Crippen LogP contribution in [0.15, 0.2) is 62.8 Å². The summed E-state index contributed by atoms with van der Waals surface area (Å²) in [6.45, 7) is 12.3. The van der Waals surface area contributed by atoms with Gasteiger partial charge in [0, 0.05) is 25.9 Å². The van der Waals surface area contributed by atoms with Gasteiger partial charge in [0.2, 0.25) is 25.5 Å². The van der Waals surface area contributed by atoms with E-state index in [-0.39, 0.29) is 48.0 Å². The molecule has 8 nitrogen and oxygen atoms in total. The fourth-order valence-electron chi connectivity index (χ4n) is 2.50. The molecule has 0 spiro atoms. The second-order valence-corrected chi connectivity index (χ2v) is 6.12. The maximum absolute atomic E-state index is 9.97. The molecule has 0 aliphatic heterocycles. The zero-order chi connectivity index (χ0) is 20.5. The van der Waals surface area contributed by atoms with Crippen LogP contribution >= 0.6 is 0 Å². The summed E-state index contributed by atoms with van der Waals surface area (Å²) in [6.07, 6.45) is 19.2. The minimum Gasteiger partial charge on any atom is -1.00 e. The van der Waals surface area contributed by atoms with E-state index in [9.17, 15) is 9.59 Å². The van der Waals surface area contributed by atoms with Gasteiger partial charge in [-0.25, -0.2) is 18.3 Å². The molecule has 2 N–H and O–H groups in total. The van der Waals surface area contributed by atoms with Gasteiger partial charge >= 0.3 is 0 Å². The number of allylic oxidation sites excluding steroid dienone is 2. The standard InChI is InChI=1S/2C10H15N3O.2HI/c2*1-2-5-12-7-8-13(10-12)6-3-4-11-9-14;;/h2*2,7-10H,1,3-6H2;2*1H. The highest BCUT2D eigenvalue weighted by molar-refractivity contribution is 5.45. The van der Waals surface area contributed by atoms with Gasteiger partial charge in [-0.1, -0.05) is 25.3 Å². The monoisotopic (exact) mass is 642 g/mol. The number of carbonyl (C=O) groups excluding carboxylic acids is 2. The topological polar surface area (TPSA) is 75.8 Å². The van der Waals surface area contributed by atoms with Crippen LogP contribution in [0.25, 0.3) is 0 Å². The lowest BCUT2D eigenvalue weighted by molar-refractivity contribution is -0.696. The zero-order valence-electron chi connectivity index (χ0n) is 17.2. The van der Waals surface area contributed by atoms with Crippen molar-refractivity contribution in [2.24, 2.45) is 0 Å². The maximum atomic E-state index is 9.97. The van der Waals surface area contributed by atoms with Crippen molar-refractivity contribution < 1.29 is 66.7 Å². The van der Waals surface area contributed by atoms with Crippen molar-refractivity contribution >= 4 is 12.8 Å². The van der Waals surface area contributed by atoms with E-state index in [1.54, 1.807) is 0 Å². The molecule has 0 fully saturated rings. The van der Waals surface area contributed by atoms with E-state index in [0.29, 0.717) is 0 Å². The van der Waals surface area contributed by atoms with Crippen LogP contribution in [0.1, 0.15) is 12.8 Å². The van der Waals surface area contributed by atoms with Crippen LogP contribution in [0.5, 0.6) is 0 Å². The van der Waals surface area contributed by atoms with E-state index in [2.05, 4.69) is 42.1 Å². The van der Waals surface area contributed by atoms with Gasteiger partial charge in [-0.05, 0) is 0 Å². The number of hydrogen-bond acceptors (Lipinski definition) is 2. The van der Waals surface area contributed by atoms with Gasteiger partial charge in [0.25, 0.3) is 0 Å². The summed E-state index contributed by atoms with van der Waals surface area (Å²) in [4.78, 5) is 19.9. The Morgan fingerprint density at radius 1 is 0.767 bits per heavy atom. The Labute approximate surface area is 213 Å². The molecule has 0 saturated heterocycles. The third-order valence-electron chi connectivity index (χ3n) is 3.81. The van der Waals surface area contributed by atoms with Crippen molar-refractivity contribution in [3.63, 3.8) is 0 Å². The van der Waals surface area contributed by atoms with Gasteiger partial charge in [0.15, 0.2) is 0 Å². The van der Waals surface area contributed by atoms with Crippen molar-refractivity contribution in [2.45, 2.75) is 39.0 Å². The van der Waals surface area contributed by atoms with Crippen molar-refractivity contribution in [1.29, 1.82) is 0 Å². The average molecular weight is 642 g/mol. The molecule has 0 bridgehead atoms. The summed E-state index contributed by atoms with van der Waals surface area (Å²) in [7, 11) is 0. The number of nitrogens with one attached hydrogen (secondary N) is 2. The summed E-state index contributed by atoms with van der Waals surface area (Å²) in [5.74, 6) is 0. The predicted molar refractivity (Wildman–Crippen MR) is 107 cm³/mol. The van der Waals surface area contributed by atoms with E-state index in [0.717, 1.165) is 64.9 Å². The first kappa shape index (κ1) is 30.5. The molecule has 0 aliphatic rings. The lowest BCUT2D eigenvalue weighted by Gasteiger charge is -1.95. The Hall–Kier alpha value is -1.70. The van der Waals surface area contributed by atoms with E-state index in [1.807, 2.05) is 49.6 Å². The predicted octanol–water partition coefficient (Wildman–Crippen LogP) is -5.80. The van der Waals surface area contributed by atoms with Gasteiger partial charge in [-0.15, -0.1) is 0 Å². The smallest absolute Gasteiger partial charge is 0.244 e. The van der Waals surface area contributed by atoms with Gasteiger partial charge in [0.1, 0.15) is 37.9 Å². The molecule has 2 heterocycles. The molecular weight excluding hydrogens is 610 g/mol. The summed E-state index contributed by atoms with van der Waals surface area (Å²) >= 11 is 0. The van der Waals surface area contributed by atoms with Gasteiger partial charge < -0.3 is 58.6 Å². The normalized spacial score (nSPS) is 9.07. The van der Waals surface area contributed by atoms with Gasteiger partial charge in [-0.2, -0.15) is 0 Å². The Morgan fingerprint density at radius 2 is 1.17 bits per heavy atom. The van der Waals surface area contributed by atoms with E-state index in [4.69, 9.17) is 0 Å². The summed E-state index contributed by atoms with van der Waals surface area (Å²) in [5.41, 5.74) is 0. The van der Waals surface area contributed by atoms with Crippen LogP contribution in [-0.4, -0.2) is 35.0 Å². The largest absolute Gasteiger partial charge is 1.00 e. The molecule has 0 radical (unpaired) electrons. The molecule has 0 aliphatic carbocycles. The number of imidazole rings is 2. The molecule has 10 heteroatoms. The van der Waals surface area contributed by atoms with Crippen molar-refractivity contribution in [3.8, 4) is 0 Å². The lowest BCUT2D eigenvalue weighted by atomic mass is 10.4. The fourth-order valence-corrected chi connectivity index (χ4v) is 2.50. The van der Waals surface area contributed by atoms with E-state index in [1.165, 1.54) is 0 Å². The molecule has 168 valence electrons. The minimum absolute atomic E-state index is 0. The summed E-state index contributed by atoms with van der Waals surface area (Å²) in [6, 6.07) is 0. The fraction of sp³-hybridized carbons (Fsp3) is 0.400. The quantitative estimate of drug-likeness (QED) is 0.0710. The second-order valence-electron chi connectivity index (χ2n) is 6.12. The number of nitrogens with zero attached hydrogens (tertiary/aromatic N) is 4. The molecule has 2 rings (SSSR count). The number of amides is 2. The molecule has 0 unspecified atom stereocenters. The zero-order valence-corrected chi connectivity index (χ0v) is 21.5. The highest BCUT2D eigenvalue weighted by Crippen LogP contribution is 1.87. The maximum Gasteiger partial charge on any atom is 0.244 e. The number of halogens is 2. The summed E-state index contributed by atoms with van der Waals surface area (Å²) < 4.78 is 8.30. The average Bonchev–Trinajstić information content (AvgIpc) is 3.33. The molecule has 2 amide bonds. The highest BCUT2D eigenvalue weighted by atomic mass is 127. The number of aromatic nitrogens is 4. The highest BCUT2D eigenvalue weighted by Gasteiger charge is 2.01. The Balaban J connectivity index is 0. The van der Waals surface area contributed by atoms with Crippen LogP contribution in [0.3, 0.4) is 0 Å². The SMILES string of the molecule is C=CCn1cc[n+](CCCNC=O)c1.C=CCn1cc[n+](CCCNC=O)c1.[I-].[I-]. The first-order valence-electron chi connectivity index (χ1n) is 9.39. The molecule has 2 aromatic rings. The van der Waals surface area contributed by atoms with Crippen molar-refractivity contribution in [1.82, 2.24) is 19.8 Å². The molecule has 0 atom stereocenters.